The van der Waals surface area contributed by atoms with Crippen molar-refractivity contribution in [3.05, 3.63) is 46.1 Å². The maximum absolute atomic E-state index is 13.6. The Balaban J connectivity index is 2.19. The molecule has 8 heteroatoms. The third kappa shape index (κ3) is 3.69. The molecule has 0 saturated carbocycles. The predicted octanol–water partition coefficient (Wildman–Crippen LogP) is 2.59. The highest BCUT2D eigenvalue weighted by Crippen LogP contribution is 2.16. The Labute approximate surface area is 131 Å². The van der Waals surface area contributed by atoms with Crippen LogP contribution in [0, 0.1) is 12.7 Å². The molecule has 0 amide bonds. The number of halogens is 2. The van der Waals surface area contributed by atoms with Crippen molar-refractivity contribution in [2.24, 2.45) is 0 Å². The molecule has 2 aromatic rings. The van der Waals surface area contributed by atoms with Crippen LogP contribution in [0.5, 0.6) is 0 Å². The number of rotatable bonds is 5. The summed E-state index contributed by atoms with van der Waals surface area (Å²) >= 11 is 3.22. The van der Waals surface area contributed by atoms with E-state index in [9.17, 15) is 12.8 Å². The van der Waals surface area contributed by atoms with Crippen molar-refractivity contribution in [1.29, 1.82) is 0 Å². The molecule has 0 spiro atoms. The summed E-state index contributed by atoms with van der Waals surface area (Å²) in [6.07, 6.45) is 1.47. The van der Waals surface area contributed by atoms with Gasteiger partial charge < -0.3 is 4.57 Å². The largest absolute Gasteiger partial charge is 0.334 e. The van der Waals surface area contributed by atoms with Gasteiger partial charge in [0.1, 0.15) is 11.6 Å². The van der Waals surface area contributed by atoms with Crippen LogP contribution in [0.3, 0.4) is 0 Å². The highest BCUT2D eigenvalue weighted by atomic mass is 79.9. The first kappa shape index (κ1) is 16.1. The van der Waals surface area contributed by atoms with E-state index in [0.717, 1.165) is 0 Å². The van der Waals surface area contributed by atoms with Crippen LogP contribution in [0.1, 0.15) is 18.3 Å². The van der Waals surface area contributed by atoms with E-state index >= 15 is 0 Å². The second-order valence-corrected chi connectivity index (χ2v) is 7.10. The maximum Gasteiger partial charge on any atom is 0.259 e. The summed E-state index contributed by atoms with van der Waals surface area (Å²) in [7, 11) is -3.76. The number of hydrogen-bond acceptors (Lipinski definition) is 3. The van der Waals surface area contributed by atoms with Gasteiger partial charge in [-0.2, -0.15) is 0 Å². The van der Waals surface area contributed by atoms with Crippen molar-refractivity contribution < 1.29 is 12.8 Å². The van der Waals surface area contributed by atoms with Gasteiger partial charge in [0.2, 0.25) is 0 Å². The molecule has 0 aliphatic carbocycles. The fourth-order valence-electron chi connectivity index (χ4n) is 1.85. The Bertz CT molecular complexity index is 759. The number of imidazole rings is 1. The number of aryl methyl sites for hydroxylation is 2. The zero-order valence-corrected chi connectivity index (χ0v) is 14.0. The summed E-state index contributed by atoms with van der Waals surface area (Å²) in [5.74, 6) is 0.155. The fraction of sp³-hybridized carbons (Fsp3) is 0.308. The lowest BCUT2D eigenvalue weighted by Crippen LogP contribution is -2.24. The molecule has 1 aromatic carbocycles. The molecule has 21 heavy (non-hydrogen) atoms. The third-order valence-electron chi connectivity index (χ3n) is 3.03. The summed E-state index contributed by atoms with van der Waals surface area (Å²) in [6.45, 7) is 4.13. The average Bonchev–Trinajstić information content (AvgIpc) is 2.82. The lowest BCUT2D eigenvalue weighted by Gasteiger charge is -2.06. The number of nitrogens with zero attached hydrogens (tertiary/aromatic N) is 2. The van der Waals surface area contributed by atoms with Crippen LogP contribution >= 0.6 is 15.9 Å². The quantitative estimate of drug-likeness (QED) is 0.873. The lowest BCUT2D eigenvalue weighted by atomic mass is 10.2. The molecule has 1 N–H and O–H groups in total. The van der Waals surface area contributed by atoms with Gasteiger partial charge in [0.25, 0.3) is 10.0 Å². The van der Waals surface area contributed by atoms with Crippen LogP contribution in [0.15, 0.2) is 33.9 Å². The van der Waals surface area contributed by atoms with Gasteiger partial charge in [0.15, 0.2) is 5.03 Å². The van der Waals surface area contributed by atoms with E-state index in [1.807, 2.05) is 6.92 Å². The van der Waals surface area contributed by atoms with E-state index in [2.05, 4.69) is 25.6 Å². The van der Waals surface area contributed by atoms with Gasteiger partial charge in [-0.25, -0.2) is 22.5 Å². The van der Waals surface area contributed by atoms with Crippen LogP contribution < -0.4 is 4.72 Å². The summed E-state index contributed by atoms with van der Waals surface area (Å²) in [4.78, 5) is 4.01. The summed E-state index contributed by atoms with van der Waals surface area (Å²) < 4.78 is 42.7. The van der Waals surface area contributed by atoms with E-state index < -0.39 is 15.8 Å². The average molecular weight is 376 g/mol. The molecule has 0 bridgehead atoms. The first-order valence-electron chi connectivity index (χ1n) is 6.31. The van der Waals surface area contributed by atoms with Crippen LogP contribution in [0.25, 0.3) is 0 Å². The number of nitrogens with one attached hydrogen (secondary N) is 1. The highest BCUT2D eigenvalue weighted by Gasteiger charge is 2.19. The molecule has 1 heterocycles. The Hall–Kier alpha value is -1.25. The minimum atomic E-state index is -3.76. The van der Waals surface area contributed by atoms with Crippen molar-refractivity contribution in [2.45, 2.75) is 32.0 Å². The minimum Gasteiger partial charge on any atom is -0.334 e. The Morgan fingerprint density at radius 2 is 2.14 bits per heavy atom. The molecule has 2 rings (SSSR count). The molecule has 0 unspecified atom stereocenters. The SMILES string of the molecule is CCn1cc(S(=O)(=O)NCc2cc(Br)ccc2F)nc1C. The Kier molecular flexibility index (Phi) is 4.80. The van der Waals surface area contributed by atoms with Crippen molar-refractivity contribution >= 4 is 26.0 Å². The Morgan fingerprint density at radius 3 is 2.76 bits per heavy atom. The molecular weight excluding hydrogens is 361 g/mol. The monoisotopic (exact) mass is 375 g/mol. The molecule has 0 saturated heterocycles. The molecule has 5 nitrogen and oxygen atoms in total. The predicted molar refractivity (Wildman–Crippen MR) is 80.8 cm³/mol. The van der Waals surface area contributed by atoms with Gasteiger partial charge in [-0.15, -0.1) is 0 Å². The van der Waals surface area contributed by atoms with Gasteiger partial charge in [-0.3, -0.25) is 0 Å². The smallest absolute Gasteiger partial charge is 0.259 e. The maximum atomic E-state index is 13.6. The van der Waals surface area contributed by atoms with Crippen LogP contribution in [-0.4, -0.2) is 18.0 Å². The zero-order valence-electron chi connectivity index (χ0n) is 11.6. The number of sulfonamides is 1. The molecule has 0 aliphatic rings. The summed E-state index contributed by atoms with van der Waals surface area (Å²) in [5, 5.41) is -0.0581. The number of benzene rings is 1. The summed E-state index contributed by atoms with van der Waals surface area (Å²) in [5.41, 5.74) is 0.264. The summed E-state index contributed by atoms with van der Waals surface area (Å²) in [6, 6.07) is 4.37. The topological polar surface area (TPSA) is 64.0 Å². The van der Waals surface area contributed by atoms with Crippen molar-refractivity contribution in [3.63, 3.8) is 0 Å². The highest BCUT2D eigenvalue weighted by molar-refractivity contribution is 9.10. The van der Waals surface area contributed by atoms with E-state index in [1.54, 1.807) is 17.6 Å². The Morgan fingerprint density at radius 1 is 1.43 bits per heavy atom. The van der Waals surface area contributed by atoms with Crippen LogP contribution in [0.2, 0.25) is 0 Å². The van der Waals surface area contributed by atoms with E-state index in [0.29, 0.717) is 16.8 Å². The van der Waals surface area contributed by atoms with Crippen LogP contribution in [-0.2, 0) is 23.1 Å². The second-order valence-electron chi connectivity index (χ2n) is 4.47. The molecule has 0 fully saturated rings. The lowest BCUT2D eigenvalue weighted by molar-refractivity contribution is 0.571. The van der Waals surface area contributed by atoms with Gasteiger partial charge >= 0.3 is 0 Å². The van der Waals surface area contributed by atoms with Crippen molar-refractivity contribution in [1.82, 2.24) is 14.3 Å². The number of hydrogen-bond donors (Lipinski definition) is 1. The second kappa shape index (κ2) is 6.25. The third-order valence-corrected chi connectivity index (χ3v) is 4.80. The first-order chi connectivity index (χ1) is 9.83. The molecule has 0 atom stereocenters. The minimum absolute atomic E-state index is 0.0581. The van der Waals surface area contributed by atoms with E-state index in [1.165, 1.54) is 18.3 Å². The van der Waals surface area contributed by atoms with Crippen molar-refractivity contribution in [3.8, 4) is 0 Å². The van der Waals surface area contributed by atoms with Gasteiger partial charge in [0.05, 0.1) is 0 Å². The number of aromatic nitrogens is 2. The zero-order chi connectivity index (χ0) is 15.6. The molecule has 0 radical (unpaired) electrons. The fourth-order valence-corrected chi connectivity index (χ4v) is 3.27. The van der Waals surface area contributed by atoms with Gasteiger partial charge in [0, 0.05) is 29.3 Å². The standard InChI is InChI=1S/C13H15BrFN3O2S/c1-3-18-8-13(17-9(18)2)21(19,20)16-7-10-6-11(14)4-5-12(10)15/h4-6,8,16H,3,7H2,1-2H3. The van der Waals surface area contributed by atoms with Gasteiger partial charge in [-0.1, -0.05) is 15.9 Å². The molecule has 0 aliphatic heterocycles. The van der Waals surface area contributed by atoms with E-state index in [4.69, 9.17) is 0 Å². The molecule has 1 aromatic heterocycles. The first-order valence-corrected chi connectivity index (χ1v) is 8.58. The molecule has 114 valence electrons. The molecular formula is C13H15BrFN3O2S. The van der Waals surface area contributed by atoms with Crippen molar-refractivity contribution in [2.75, 3.05) is 0 Å². The van der Waals surface area contributed by atoms with Gasteiger partial charge in [-0.05, 0) is 32.0 Å². The normalized spacial score (nSPS) is 11.8. The van der Waals surface area contributed by atoms with E-state index in [-0.39, 0.29) is 17.1 Å². The van der Waals surface area contributed by atoms with Crippen LogP contribution in [0.4, 0.5) is 4.39 Å².